The van der Waals surface area contributed by atoms with Crippen molar-refractivity contribution in [1.29, 1.82) is 0 Å². The number of hydrogen-bond donors (Lipinski definition) is 2. The molecule has 1 aromatic carbocycles. The topological polar surface area (TPSA) is 75.6 Å². The van der Waals surface area contributed by atoms with Crippen LogP contribution in [0.5, 0.6) is 5.75 Å². The summed E-state index contributed by atoms with van der Waals surface area (Å²) in [6.45, 7) is -0.0562. The molecule has 0 saturated carbocycles. The third-order valence-corrected chi connectivity index (χ3v) is 2.10. The van der Waals surface area contributed by atoms with Gasteiger partial charge in [0.05, 0.1) is 6.42 Å². The Morgan fingerprint density at radius 2 is 1.94 bits per heavy atom. The van der Waals surface area contributed by atoms with E-state index in [1.165, 1.54) is 0 Å². The lowest BCUT2D eigenvalue weighted by Crippen LogP contribution is -2.30. The maximum atomic E-state index is 11.2. The maximum Gasteiger partial charge on any atom is 0.305 e. The summed E-state index contributed by atoms with van der Waals surface area (Å²) in [5, 5.41) is 11.4. The van der Waals surface area contributed by atoms with E-state index in [9.17, 15) is 9.59 Å². The molecule has 0 radical (unpaired) electrons. The van der Waals surface area contributed by atoms with Gasteiger partial charge in [-0.3, -0.25) is 9.59 Å². The second kappa shape index (κ2) is 6.75. The Labute approximate surface area is 103 Å². The van der Waals surface area contributed by atoms with Crippen LogP contribution in [0.3, 0.4) is 0 Å². The van der Waals surface area contributed by atoms with Crippen molar-refractivity contribution in [3.05, 3.63) is 29.3 Å². The summed E-state index contributed by atoms with van der Waals surface area (Å²) in [5.41, 5.74) is 0. The number of carboxylic acid groups (broad SMARTS) is 1. The fourth-order valence-electron chi connectivity index (χ4n) is 1.04. The molecule has 2 N–H and O–H groups in total. The van der Waals surface area contributed by atoms with E-state index >= 15 is 0 Å². The molecule has 0 spiro atoms. The summed E-state index contributed by atoms with van der Waals surface area (Å²) in [6.07, 6.45) is -0.104. The largest absolute Gasteiger partial charge is 0.484 e. The van der Waals surface area contributed by atoms with E-state index in [-0.39, 0.29) is 25.5 Å². The van der Waals surface area contributed by atoms with Crippen molar-refractivity contribution in [1.82, 2.24) is 5.32 Å². The van der Waals surface area contributed by atoms with Crippen LogP contribution >= 0.6 is 11.6 Å². The van der Waals surface area contributed by atoms with Crippen LogP contribution in [0.15, 0.2) is 24.3 Å². The molecule has 0 aromatic heterocycles. The van der Waals surface area contributed by atoms with E-state index in [0.717, 1.165) is 0 Å². The smallest absolute Gasteiger partial charge is 0.305 e. The molecule has 0 unspecified atom stereocenters. The summed E-state index contributed by atoms with van der Waals surface area (Å²) >= 11 is 5.68. The van der Waals surface area contributed by atoms with Crippen molar-refractivity contribution in [3.8, 4) is 5.75 Å². The van der Waals surface area contributed by atoms with Gasteiger partial charge >= 0.3 is 5.97 Å². The van der Waals surface area contributed by atoms with Gasteiger partial charge in [0.25, 0.3) is 5.91 Å². The van der Waals surface area contributed by atoms with E-state index < -0.39 is 5.97 Å². The number of ether oxygens (including phenoxy) is 1. The predicted molar refractivity (Wildman–Crippen MR) is 62.2 cm³/mol. The second-order valence-corrected chi connectivity index (χ2v) is 3.67. The van der Waals surface area contributed by atoms with Crippen LogP contribution in [0.1, 0.15) is 6.42 Å². The lowest BCUT2D eigenvalue weighted by Gasteiger charge is -2.06. The van der Waals surface area contributed by atoms with Crippen molar-refractivity contribution in [2.24, 2.45) is 0 Å². The average Bonchev–Trinajstić information content (AvgIpc) is 2.28. The number of hydrogen-bond acceptors (Lipinski definition) is 3. The maximum absolute atomic E-state index is 11.2. The van der Waals surface area contributed by atoms with Crippen molar-refractivity contribution < 1.29 is 19.4 Å². The van der Waals surface area contributed by atoms with Gasteiger partial charge in [-0.15, -0.1) is 0 Å². The number of halogens is 1. The standard InChI is InChI=1S/C11H12ClNO4/c12-8-1-3-9(4-2-8)17-7-10(14)13-6-5-11(15)16/h1-4H,5-7H2,(H,13,14)(H,15,16). The molecule has 0 fully saturated rings. The van der Waals surface area contributed by atoms with Crippen LogP contribution in [0.25, 0.3) is 0 Å². The number of amides is 1. The van der Waals surface area contributed by atoms with Crippen molar-refractivity contribution in [2.75, 3.05) is 13.2 Å². The monoisotopic (exact) mass is 257 g/mol. The predicted octanol–water partition coefficient (Wildman–Crippen LogP) is 1.31. The van der Waals surface area contributed by atoms with Crippen LogP contribution < -0.4 is 10.1 Å². The third-order valence-electron chi connectivity index (χ3n) is 1.84. The summed E-state index contributed by atoms with van der Waals surface area (Å²) in [5.74, 6) is -0.784. The zero-order chi connectivity index (χ0) is 12.7. The number of benzene rings is 1. The lowest BCUT2D eigenvalue weighted by molar-refractivity contribution is -0.137. The molecule has 92 valence electrons. The van der Waals surface area contributed by atoms with Gasteiger partial charge < -0.3 is 15.2 Å². The molecular weight excluding hydrogens is 246 g/mol. The van der Waals surface area contributed by atoms with E-state index in [4.69, 9.17) is 21.4 Å². The van der Waals surface area contributed by atoms with Crippen molar-refractivity contribution in [2.45, 2.75) is 6.42 Å². The normalized spacial score (nSPS) is 9.71. The van der Waals surface area contributed by atoms with Gasteiger partial charge in [0.15, 0.2) is 6.61 Å². The van der Waals surface area contributed by atoms with Gasteiger partial charge in [0, 0.05) is 11.6 Å². The number of carbonyl (C=O) groups excluding carboxylic acids is 1. The van der Waals surface area contributed by atoms with Crippen molar-refractivity contribution in [3.63, 3.8) is 0 Å². The minimum atomic E-state index is -0.955. The molecule has 1 aromatic rings. The Morgan fingerprint density at radius 3 is 2.53 bits per heavy atom. The lowest BCUT2D eigenvalue weighted by atomic mass is 10.3. The fourth-order valence-corrected chi connectivity index (χ4v) is 1.17. The highest BCUT2D eigenvalue weighted by Crippen LogP contribution is 2.15. The van der Waals surface area contributed by atoms with Crippen LogP contribution in [0.4, 0.5) is 0 Å². The van der Waals surface area contributed by atoms with E-state index in [0.29, 0.717) is 10.8 Å². The highest BCUT2D eigenvalue weighted by molar-refractivity contribution is 6.30. The van der Waals surface area contributed by atoms with Gasteiger partial charge in [-0.2, -0.15) is 0 Å². The Kier molecular flexibility index (Phi) is 5.29. The SMILES string of the molecule is O=C(O)CCNC(=O)COc1ccc(Cl)cc1. The van der Waals surface area contributed by atoms with Gasteiger partial charge in [0.1, 0.15) is 5.75 Å². The van der Waals surface area contributed by atoms with Crippen LogP contribution in [-0.4, -0.2) is 30.1 Å². The number of carboxylic acids is 1. The first-order valence-corrected chi connectivity index (χ1v) is 5.32. The van der Waals surface area contributed by atoms with Gasteiger partial charge in [-0.25, -0.2) is 0 Å². The second-order valence-electron chi connectivity index (χ2n) is 3.24. The first-order valence-electron chi connectivity index (χ1n) is 4.95. The Hall–Kier alpha value is -1.75. The van der Waals surface area contributed by atoms with E-state index in [2.05, 4.69) is 5.32 Å². The van der Waals surface area contributed by atoms with Crippen molar-refractivity contribution >= 4 is 23.5 Å². The summed E-state index contributed by atoms with van der Waals surface area (Å²) in [7, 11) is 0. The zero-order valence-corrected chi connectivity index (χ0v) is 9.74. The van der Waals surface area contributed by atoms with Crippen LogP contribution in [0, 0.1) is 0 Å². The molecule has 6 heteroatoms. The third kappa shape index (κ3) is 5.77. The quantitative estimate of drug-likeness (QED) is 0.806. The van der Waals surface area contributed by atoms with Gasteiger partial charge in [-0.1, -0.05) is 11.6 Å². The van der Waals surface area contributed by atoms with Gasteiger partial charge in [-0.05, 0) is 24.3 Å². The van der Waals surface area contributed by atoms with Crippen LogP contribution in [-0.2, 0) is 9.59 Å². The Bertz CT molecular complexity index is 391. The molecule has 1 amide bonds. The molecule has 0 aliphatic rings. The number of rotatable bonds is 6. The molecule has 0 atom stereocenters. The molecular formula is C11H12ClNO4. The minimum absolute atomic E-state index is 0.0954. The number of carbonyl (C=O) groups is 2. The minimum Gasteiger partial charge on any atom is -0.484 e. The van der Waals surface area contributed by atoms with Gasteiger partial charge in [0.2, 0.25) is 0 Å². The molecule has 0 heterocycles. The molecule has 0 saturated heterocycles. The first kappa shape index (κ1) is 13.3. The molecule has 0 aliphatic heterocycles. The number of nitrogens with one attached hydrogen (secondary N) is 1. The summed E-state index contributed by atoms with van der Waals surface area (Å²) in [6, 6.07) is 6.60. The highest BCUT2D eigenvalue weighted by atomic mass is 35.5. The summed E-state index contributed by atoms with van der Waals surface area (Å²) < 4.78 is 5.16. The molecule has 1 rings (SSSR count). The first-order chi connectivity index (χ1) is 8.08. The summed E-state index contributed by atoms with van der Waals surface area (Å²) in [4.78, 5) is 21.4. The zero-order valence-electron chi connectivity index (χ0n) is 8.98. The Morgan fingerprint density at radius 1 is 1.29 bits per heavy atom. The molecule has 5 nitrogen and oxygen atoms in total. The van der Waals surface area contributed by atoms with E-state index in [1.54, 1.807) is 24.3 Å². The molecule has 17 heavy (non-hydrogen) atoms. The average molecular weight is 258 g/mol. The van der Waals surface area contributed by atoms with E-state index in [1.807, 2.05) is 0 Å². The Balaban J connectivity index is 2.23. The van der Waals surface area contributed by atoms with Crippen LogP contribution in [0.2, 0.25) is 5.02 Å². The molecule has 0 aliphatic carbocycles. The molecule has 0 bridgehead atoms. The number of aliphatic carboxylic acids is 1. The highest BCUT2D eigenvalue weighted by Gasteiger charge is 2.03. The fraction of sp³-hybridized carbons (Fsp3) is 0.273.